The smallest absolute Gasteiger partial charge is 0.274 e. The summed E-state index contributed by atoms with van der Waals surface area (Å²) >= 11 is 1.34. The Kier molecular flexibility index (Phi) is 6.03. The molecule has 1 amide bonds. The minimum absolute atomic E-state index is 0.0215. The number of nitrogens with zero attached hydrogens (tertiary/aromatic N) is 2. The highest BCUT2D eigenvalue weighted by Gasteiger charge is 2.22. The molecule has 0 fully saturated rings. The number of benzene rings is 1. The molecule has 9 nitrogen and oxygen atoms in total. The number of amides is 1. The zero-order valence-electron chi connectivity index (χ0n) is 15.9. The molecule has 0 bridgehead atoms. The van der Waals surface area contributed by atoms with Crippen molar-refractivity contribution in [2.24, 2.45) is 0 Å². The van der Waals surface area contributed by atoms with Crippen molar-refractivity contribution in [1.82, 2.24) is 15.3 Å². The van der Waals surface area contributed by atoms with E-state index in [9.17, 15) is 15.0 Å². The van der Waals surface area contributed by atoms with Crippen LogP contribution in [0.15, 0.2) is 29.6 Å². The quantitative estimate of drug-likeness (QED) is 0.536. The number of hydrogen-bond donors (Lipinski definition) is 3. The van der Waals surface area contributed by atoms with Crippen molar-refractivity contribution in [2.75, 3.05) is 21.3 Å². The summed E-state index contributed by atoms with van der Waals surface area (Å²) in [4.78, 5) is 21.2. The topological polar surface area (TPSA) is 123 Å². The van der Waals surface area contributed by atoms with Crippen molar-refractivity contribution in [2.45, 2.75) is 6.54 Å². The molecule has 152 valence electrons. The number of carbonyl (C=O) groups excluding carboxylic acids is 1. The molecule has 0 spiro atoms. The fourth-order valence-corrected chi connectivity index (χ4v) is 3.28. The lowest BCUT2D eigenvalue weighted by Gasteiger charge is -2.15. The van der Waals surface area contributed by atoms with Crippen LogP contribution in [0.1, 0.15) is 16.1 Å². The largest absolute Gasteiger partial charge is 0.501 e. The number of nitrogens with one attached hydrogen (secondary N) is 1. The minimum Gasteiger partial charge on any atom is -0.501 e. The van der Waals surface area contributed by atoms with E-state index in [0.29, 0.717) is 27.7 Å². The highest BCUT2D eigenvalue weighted by atomic mass is 32.1. The van der Waals surface area contributed by atoms with Crippen LogP contribution in [-0.2, 0) is 6.54 Å². The zero-order chi connectivity index (χ0) is 21.0. The van der Waals surface area contributed by atoms with Gasteiger partial charge in [0.05, 0.1) is 38.3 Å². The van der Waals surface area contributed by atoms with Crippen LogP contribution in [0.25, 0.3) is 10.7 Å². The fourth-order valence-electron chi connectivity index (χ4n) is 2.62. The number of methoxy groups -OCH3 is 3. The zero-order valence-corrected chi connectivity index (χ0v) is 16.7. The summed E-state index contributed by atoms with van der Waals surface area (Å²) in [6.07, 6.45) is 0. The molecule has 0 aliphatic carbocycles. The van der Waals surface area contributed by atoms with E-state index in [1.165, 1.54) is 32.7 Å². The molecule has 0 atom stereocenters. The first-order valence-electron chi connectivity index (χ1n) is 8.39. The molecule has 29 heavy (non-hydrogen) atoms. The average Bonchev–Trinajstić information content (AvgIpc) is 3.28. The molecule has 0 radical (unpaired) electrons. The average molecular weight is 417 g/mol. The van der Waals surface area contributed by atoms with E-state index in [2.05, 4.69) is 15.3 Å². The molecule has 0 aliphatic rings. The maximum atomic E-state index is 12.7. The first kappa shape index (κ1) is 20.2. The van der Waals surface area contributed by atoms with Crippen LogP contribution >= 0.6 is 11.3 Å². The normalized spacial score (nSPS) is 10.4. The van der Waals surface area contributed by atoms with Gasteiger partial charge in [-0.1, -0.05) is 6.07 Å². The molecule has 0 saturated heterocycles. The highest BCUT2D eigenvalue weighted by molar-refractivity contribution is 7.13. The molecule has 3 rings (SSSR count). The predicted octanol–water partition coefficient (Wildman–Crippen LogP) is 2.57. The van der Waals surface area contributed by atoms with E-state index in [1.54, 1.807) is 24.3 Å². The molecule has 1 aromatic carbocycles. The Balaban J connectivity index is 1.89. The predicted molar refractivity (Wildman–Crippen MR) is 106 cm³/mol. The van der Waals surface area contributed by atoms with Crippen molar-refractivity contribution in [3.05, 3.63) is 40.9 Å². The summed E-state index contributed by atoms with van der Waals surface area (Å²) in [6.45, 7) is 0.0215. The molecule has 3 N–H and O–H groups in total. The molecule has 0 aliphatic heterocycles. The van der Waals surface area contributed by atoms with Gasteiger partial charge in [0.25, 0.3) is 11.8 Å². The van der Waals surface area contributed by atoms with Gasteiger partial charge < -0.3 is 29.7 Å². The molecular weight excluding hydrogens is 398 g/mol. The second kappa shape index (κ2) is 8.65. The maximum Gasteiger partial charge on any atom is 0.274 e. The van der Waals surface area contributed by atoms with Gasteiger partial charge in [-0.25, -0.2) is 4.98 Å². The van der Waals surface area contributed by atoms with Crippen LogP contribution in [0.3, 0.4) is 0 Å². The summed E-state index contributed by atoms with van der Waals surface area (Å²) in [6, 6.07) is 6.85. The Bertz CT molecular complexity index is 998. The molecule has 2 heterocycles. The van der Waals surface area contributed by atoms with Gasteiger partial charge >= 0.3 is 0 Å². The first-order chi connectivity index (χ1) is 14.0. The second-order valence-electron chi connectivity index (χ2n) is 5.74. The van der Waals surface area contributed by atoms with Gasteiger partial charge in [0.15, 0.2) is 11.5 Å². The number of carbonyl (C=O) groups is 1. The Hall–Kier alpha value is -3.53. The summed E-state index contributed by atoms with van der Waals surface area (Å²) in [5.74, 6) is -0.485. The lowest BCUT2D eigenvalue weighted by atomic mass is 10.1. The van der Waals surface area contributed by atoms with E-state index in [0.717, 1.165) is 0 Å². The Morgan fingerprint density at radius 2 is 1.79 bits per heavy atom. The van der Waals surface area contributed by atoms with Crippen molar-refractivity contribution < 1.29 is 29.2 Å². The third-order valence-corrected chi connectivity index (χ3v) is 4.93. The van der Waals surface area contributed by atoms with Gasteiger partial charge in [-0.2, -0.15) is 4.98 Å². The number of hydrogen-bond acceptors (Lipinski definition) is 9. The van der Waals surface area contributed by atoms with Gasteiger partial charge in [0, 0.05) is 12.1 Å². The third kappa shape index (κ3) is 4.16. The van der Waals surface area contributed by atoms with E-state index < -0.39 is 17.5 Å². The van der Waals surface area contributed by atoms with E-state index in [4.69, 9.17) is 14.2 Å². The maximum absolute atomic E-state index is 12.7. The van der Waals surface area contributed by atoms with Crippen LogP contribution in [0, 0.1) is 0 Å². The lowest BCUT2D eigenvalue weighted by Crippen LogP contribution is -2.25. The molecule has 0 unspecified atom stereocenters. The van der Waals surface area contributed by atoms with E-state index in [-0.39, 0.29) is 18.1 Å². The Morgan fingerprint density at radius 1 is 1.10 bits per heavy atom. The van der Waals surface area contributed by atoms with Crippen molar-refractivity contribution >= 4 is 17.2 Å². The van der Waals surface area contributed by atoms with Crippen molar-refractivity contribution in [3.8, 4) is 39.6 Å². The van der Waals surface area contributed by atoms with Crippen LogP contribution in [0.5, 0.6) is 28.9 Å². The third-order valence-electron chi connectivity index (χ3n) is 4.07. The molecule has 0 saturated carbocycles. The standard InChI is InChI=1S/C19H19N3O6S/c1-26-10-7-12(27-2)11(13(8-10)28-3)9-20-18(24)15-16(23)19(25)22-17(21-15)14-5-4-6-29-14/h4-8,23H,9H2,1-3H3,(H,20,24)(H,21,22,25). The van der Waals surface area contributed by atoms with Crippen molar-refractivity contribution in [1.29, 1.82) is 0 Å². The van der Waals surface area contributed by atoms with Crippen LogP contribution in [0.2, 0.25) is 0 Å². The van der Waals surface area contributed by atoms with Gasteiger partial charge in [-0.3, -0.25) is 4.79 Å². The molecule has 2 aromatic heterocycles. The van der Waals surface area contributed by atoms with Crippen LogP contribution < -0.4 is 19.5 Å². The van der Waals surface area contributed by atoms with Crippen LogP contribution in [-0.4, -0.2) is 47.4 Å². The molecule has 3 aromatic rings. The highest BCUT2D eigenvalue weighted by Crippen LogP contribution is 2.34. The summed E-state index contributed by atoms with van der Waals surface area (Å²) in [5.41, 5.74) is 0.229. The number of thiophene rings is 1. The minimum atomic E-state index is -0.698. The van der Waals surface area contributed by atoms with E-state index >= 15 is 0 Å². The summed E-state index contributed by atoms with van der Waals surface area (Å²) in [5, 5.41) is 24.4. The number of ether oxygens (including phenoxy) is 3. The molecule has 10 heteroatoms. The van der Waals surface area contributed by atoms with Crippen molar-refractivity contribution in [3.63, 3.8) is 0 Å². The number of aromatic hydroxyl groups is 2. The van der Waals surface area contributed by atoms with Crippen LogP contribution in [0.4, 0.5) is 0 Å². The first-order valence-corrected chi connectivity index (χ1v) is 9.27. The Labute approximate surface area is 170 Å². The van der Waals surface area contributed by atoms with Gasteiger partial charge in [0.2, 0.25) is 5.75 Å². The summed E-state index contributed by atoms with van der Waals surface area (Å²) < 4.78 is 15.9. The number of aromatic nitrogens is 2. The van der Waals surface area contributed by atoms with E-state index in [1.807, 2.05) is 5.38 Å². The lowest BCUT2D eigenvalue weighted by molar-refractivity contribution is 0.0941. The van der Waals surface area contributed by atoms with Gasteiger partial charge in [-0.15, -0.1) is 11.3 Å². The monoisotopic (exact) mass is 417 g/mol. The van der Waals surface area contributed by atoms with Gasteiger partial charge in [0.1, 0.15) is 17.2 Å². The molecular formula is C19H19N3O6S. The SMILES string of the molecule is COc1cc(OC)c(CNC(=O)c2nc(-c3cccs3)nc(O)c2O)c(OC)c1. The number of rotatable bonds is 7. The Morgan fingerprint density at radius 3 is 2.34 bits per heavy atom. The summed E-state index contributed by atoms with van der Waals surface area (Å²) in [7, 11) is 4.49. The van der Waals surface area contributed by atoms with Gasteiger partial charge in [-0.05, 0) is 11.4 Å². The second-order valence-corrected chi connectivity index (χ2v) is 6.69. The fraction of sp³-hybridized carbons (Fsp3) is 0.211.